The second kappa shape index (κ2) is 16.1. The van der Waals surface area contributed by atoms with Gasteiger partial charge in [0.25, 0.3) is 11.8 Å². The van der Waals surface area contributed by atoms with Crippen molar-refractivity contribution < 1.29 is 33.5 Å². The van der Waals surface area contributed by atoms with E-state index in [1.54, 1.807) is 39.8 Å². The Morgan fingerprint density at radius 1 is 1.10 bits per heavy atom. The summed E-state index contributed by atoms with van der Waals surface area (Å²) in [6.45, 7) is 8.37. The van der Waals surface area contributed by atoms with Crippen molar-refractivity contribution in [3.63, 3.8) is 0 Å². The van der Waals surface area contributed by atoms with E-state index >= 15 is 0 Å². The van der Waals surface area contributed by atoms with Gasteiger partial charge in [-0.2, -0.15) is 9.36 Å². The minimum atomic E-state index is -1.04. The number of fused-ring (bicyclic) bond motifs is 1. The minimum Gasteiger partial charge on any atom is -0.457 e. The molecular formula is C35H37N7O7S2. The topological polar surface area (TPSA) is 165 Å². The number of nitrogens with one attached hydrogen (secondary N) is 1. The number of carbonyl (C=O) groups excluding carboxylic acids is 4. The lowest BCUT2D eigenvalue weighted by Crippen LogP contribution is -2.71. The fraction of sp³-hybridized carbons (Fsp3) is 0.314. The zero-order valence-electron chi connectivity index (χ0n) is 28.6. The van der Waals surface area contributed by atoms with Gasteiger partial charge < -0.3 is 24.5 Å². The van der Waals surface area contributed by atoms with Gasteiger partial charge in [-0.25, -0.2) is 14.6 Å². The van der Waals surface area contributed by atoms with Crippen molar-refractivity contribution in [3.05, 3.63) is 102 Å². The van der Waals surface area contributed by atoms with E-state index in [0.29, 0.717) is 11.3 Å². The quantitative estimate of drug-likeness (QED) is 0.0889. The van der Waals surface area contributed by atoms with E-state index in [2.05, 4.69) is 31.4 Å². The number of oxime groups is 1. The molecule has 2 aliphatic heterocycles. The summed E-state index contributed by atoms with van der Waals surface area (Å²) in [5, 5.41) is 6.14. The number of hydrogen-bond donors (Lipinski definition) is 1. The molecule has 2 amide bonds. The lowest BCUT2D eigenvalue weighted by molar-refractivity contribution is -0.160. The van der Waals surface area contributed by atoms with E-state index in [4.69, 9.17) is 14.3 Å². The highest BCUT2D eigenvalue weighted by Crippen LogP contribution is 2.42. The molecule has 16 heteroatoms. The van der Waals surface area contributed by atoms with Crippen LogP contribution in [0.1, 0.15) is 43.8 Å². The van der Waals surface area contributed by atoms with Gasteiger partial charge in [0.15, 0.2) is 6.10 Å². The number of allylic oxidation sites excluding steroid dienone is 1. The molecule has 1 unspecified atom stereocenters. The summed E-state index contributed by atoms with van der Waals surface area (Å²) in [7, 11) is 3.56. The molecule has 0 aliphatic carbocycles. The summed E-state index contributed by atoms with van der Waals surface area (Å²) in [6.07, 6.45) is 2.30. The third-order valence-corrected chi connectivity index (χ3v) is 9.08. The molecule has 0 spiro atoms. The van der Waals surface area contributed by atoms with Crippen molar-refractivity contribution in [3.8, 4) is 0 Å². The van der Waals surface area contributed by atoms with E-state index in [1.165, 1.54) is 29.1 Å². The number of nitrogens with zero attached hydrogens (tertiary/aromatic N) is 6. The first-order valence-corrected chi connectivity index (χ1v) is 17.6. The van der Waals surface area contributed by atoms with Crippen LogP contribution in [0, 0.1) is 0 Å². The van der Waals surface area contributed by atoms with Crippen molar-refractivity contribution in [2.75, 3.05) is 26.5 Å². The van der Waals surface area contributed by atoms with Crippen LogP contribution in [-0.4, -0.2) is 98.4 Å². The van der Waals surface area contributed by atoms with Crippen molar-refractivity contribution in [2.24, 2.45) is 10.1 Å². The zero-order chi connectivity index (χ0) is 36.7. The molecule has 0 radical (unpaired) electrons. The Morgan fingerprint density at radius 2 is 1.75 bits per heavy atom. The second-order valence-electron chi connectivity index (χ2n) is 12.5. The SMILES string of the molecule is C=CC1=C(C(=O)OC(c2ccccc2)c2ccccc2)N2C(=O)C(NC(=O)C(=NOCC(=O)OC(C)(C)C)c3nsc(N=CN(C)C)n3)[C@H]2SC1. The van der Waals surface area contributed by atoms with Gasteiger partial charge in [-0.3, -0.25) is 14.5 Å². The Kier molecular flexibility index (Phi) is 11.7. The molecule has 2 aliphatic rings. The third-order valence-electron chi connectivity index (χ3n) is 7.15. The van der Waals surface area contributed by atoms with Crippen LogP contribution in [0.25, 0.3) is 0 Å². The monoisotopic (exact) mass is 731 g/mol. The first-order chi connectivity index (χ1) is 24.4. The van der Waals surface area contributed by atoms with Crippen LogP contribution in [0.4, 0.5) is 5.13 Å². The lowest BCUT2D eigenvalue weighted by Gasteiger charge is -2.49. The van der Waals surface area contributed by atoms with Crippen LogP contribution in [0.2, 0.25) is 0 Å². The average Bonchev–Trinajstić information content (AvgIpc) is 3.58. The maximum atomic E-state index is 13.9. The number of benzene rings is 2. The number of carbonyl (C=O) groups is 4. The summed E-state index contributed by atoms with van der Waals surface area (Å²) >= 11 is 2.26. The fourth-order valence-corrected chi connectivity index (χ4v) is 6.84. The molecule has 1 saturated heterocycles. The van der Waals surface area contributed by atoms with Crippen molar-refractivity contribution in [2.45, 2.75) is 43.9 Å². The summed E-state index contributed by atoms with van der Waals surface area (Å²) < 4.78 is 15.5. The molecule has 1 N–H and O–H groups in total. The second-order valence-corrected chi connectivity index (χ2v) is 14.3. The lowest BCUT2D eigenvalue weighted by atomic mass is 10.0. The molecule has 3 aromatic rings. The highest BCUT2D eigenvalue weighted by atomic mass is 32.2. The highest BCUT2D eigenvalue weighted by Gasteiger charge is 2.54. The molecule has 14 nitrogen and oxygen atoms in total. The molecular weight excluding hydrogens is 695 g/mol. The molecule has 0 bridgehead atoms. The number of esters is 2. The Bertz CT molecular complexity index is 1830. The summed E-state index contributed by atoms with van der Waals surface area (Å²) in [5.41, 5.74) is 0.945. The molecule has 0 saturated carbocycles. The number of thioether (sulfide) groups is 1. The summed E-state index contributed by atoms with van der Waals surface area (Å²) in [4.78, 5) is 70.2. The van der Waals surface area contributed by atoms with Gasteiger partial charge in [-0.15, -0.1) is 11.8 Å². The summed E-state index contributed by atoms with van der Waals surface area (Å²) in [5.74, 6) is -2.59. The van der Waals surface area contributed by atoms with Gasteiger partial charge in [-0.1, -0.05) is 78.5 Å². The van der Waals surface area contributed by atoms with Crippen LogP contribution in [-0.2, 0) is 33.5 Å². The molecule has 1 fully saturated rings. The number of β-lactam (4-membered cyclic amide) rings is 1. The zero-order valence-corrected chi connectivity index (χ0v) is 30.3. The Labute approximate surface area is 303 Å². The van der Waals surface area contributed by atoms with Gasteiger partial charge >= 0.3 is 11.9 Å². The Balaban J connectivity index is 1.35. The first kappa shape index (κ1) is 36.9. The molecule has 3 heterocycles. The molecule has 1 aromatic heterocycles. The van der Waals surface area contributed by atoms with Gasteiger partial charge in [-0.05, 0) is 37.5 Å². The largest absolute Gasteiger partial charge is 0.457 e. The molecule has 266 valence electrons. The molecule has 5 rings (SSSR count). The highest BCUT2D eigenvalue weighted by molar-refractivity contribution is 8.00. The van der Waals surface area contributed by atoms with Crippen molar-refractivity contribution in [1.82, 2.24) is 24.5 Å². The molecule has 2 atom stereocenters. The third kappa shape index (κ3) is 9.07. The van der Waals surface area contributed by atoms with Gasteiger partial charge in [0.2, 0.25) is 23.3 Å². The Morgan fingerprint density at radius 3 is 2.33 bits per heavy atom. The van der Waals surface area contributed by atoms with E-state index in [0.717, 1.165) is 22.7 Å². The normalized spacial score (nSPS) is 17.5. The number of amides is 2. The van der Waals surface area contributed by atoms with E-state index < -0.39 is 53.5 Å². The van der Waals surface area contributed by atoms with E-state index in [-0.39, 0.29) is 22.4 Å². The first-order valence-electron chi connectivity index (χ1n) is 15.7. The van der Waals surface area contributed by atoms with Crippen LogP contribution < -0.4 is 5.32 Å². The van der Waals surface area contributed by atoms with Crippen LogP contribution >= 0.6 is 23.3 Å². The fourth-order valence-electron chi connectivity index (χ4n) is 4.98. The standard InChI is InChI=1S/C35H37N7O7S2/c1-7-21-19-50-32-26(31(45)42(32)27(21)33(46)48-28(22-14-10-8-11-15-22)23-16-12-9-13-17-23)37-30(44)25(39-47-18-24(43)49-35(2,3)4)29-38-34(51-40-29)36-20-41(5)6/h7-17,20,26,28,32H,1,18-19H2,2-6H3,(H,37,44)/t26?,32-/m1/s1. The molecule has 2 aromatic carbocycles. The number of rotatable bonds is 13. The van der Waals surface area contributed by atoms with Crippen molar-refractivity contribution in [1.29, 1.82) is 0 Å². The van der Waals surface area contributed by atoms with Crippen LogP contribution in [0.15, 0.2) is 94.7 Å². The maximum Gasteiger partial charge on any atom is 0.356 e. The van der Waals surface area contributed by atoms with Crippen molar-refractivity contribution >= 4 is 64.2 Å². The number of hydrogen-bond acceptors (Lipinski definition) is 13. The number of aliphatic imine (C=N–C) groups is 1. The average molecular weight is 732 g/mol. The minimum absolute atomic E-state index is 0.0558. The van der Waals surface area contributed by atoms with Crippen LogP contribution in [0.3, 0.4) is 0 Å². The predicted octanol–water partition coefficient (Wildman–Crippen LogP) is 3.99. The van der Waals surface area contributed by atoms with Crippen LogP contribution in [0.5, 0.6) is 0 Å². The van der Waals surface area contributed by atoms with E-state index in [1.807, 2.05) is 60.7 Å². The number of ether oxygens (including phenoxy) is 2. The number of aromatic nitrogens is 2. The maximum absolute atomic E-state index is 13.9. The van der Waals surface area contributed by atoms with Gasteiger partial charge in [0.05, 0.1) is 6.34 Å². The summed E-state index contributed by atoms with van der Waals surface area (Å²) in [6, 6.07) is 17.5. The Hall–Kier alpha value is -5.35. The predicted molar refractivity (Wildman–Crippen MR) is 193 cm³/mol. The smallest absolute Gasteiger partial charge is 0.356 e. The van der Waals surface area contributed by atoms with Gasteiger partial charge in [0, 0.05) is 31.4 Å². The van der Waals surface area contributed by atoms with Gasteiger partial charge in [0.1, 0.15) is 22.7 Å². The van der Waals surface area contributed by atoms with E-state index in [9.17, 15) is 19.2 Å². The molecule has 51 heavy (non-hydrogen) atoms.